The zero-order valence-corrected chi connectivity index (χ0v) is 14.4. The number of amides is 1. The van der Waals surface area contributed by atoms with Crippen molar-refractivity contribution in [1.29, 1.82) is 0 Å². The predicted molar refractivity (Wildman–Crippen MR) is 94.0 cm³/mol. The molecule has 2 N–H and O–H groups in total. The summed E-state index contributed by atoms with van der Waals surface area (Å²) in [5.41, 5.74) is 0.663. The largest absolute Gasteiger partial charge is 0.356 e. The minimum atomic E-state index is -0.252. The standard InChI is InChI=1S/C16H21N5OS/c1-4-10(2)12-16(22)20-13-14(19-12)17-9-18-15(13)21(3)8-11-6-5-7-23-11/h5-7,9-10,12H,4,8H2,1-3H3,(H,20,22)(H,17,18,19). The number of nitrogens with zero attached hydrogens (tertiary/aromatic N) is 3. The maximum Gasteiger partial charge on any atom is 0.247 e. The van der Waals surface area contributed by atoms with Crippen molar-refractivity contribution in [3.05, 3.63) is 28.7 Å². The smallest absolute Gasteiger partial charge is 0.247 e. The molecule has 2 atom stereocenters. The molecule has 3 rings (SSSR count). The van der Waals surface area contributed by atoms with Crippen molar-refractivity contribution >= 4 is 34.6 Å². The van der Waals surface area contributed by atoms with Crippen LogP contribution in [0.25, 0.3) is 0 Å². The fourth-order valence-corrected chi connectivity index (χ4v) is 3.41. The summed E-state index contributed by atoms with van der Waals surface area (Å²) in [5, 5.41) is 8.31. The quantitative estimate of drug-likeness (QED) is 0.881. The van der Waals surface area contributed by atoms with Crippen LogP contribution in [0, 0.1) is 5.92 Å². The van der Waals surface area contributed by atoms with Crippen molar-refractivity contribution in [2.45, 2.75) is 32.9 Å². The molecular weight excluding hydrogens is 310 g/mol. The van der Waals surface area contributed by atoms with Crippen LogP contribution in [0.4, 0.5) is 17.3 Å². The average molecular weight is 331 g/mol. The lowest BCUT2D eigenvalue weighted by Gasteiger charge is -2.31. The molecule has 2 aromatic rings. The number of nitrogens with one attached hydrogen (secondary N) is 2. The Labute approximate surface area is 140 Å². The topological polar surface area (TPSA) is 70.2 Å². The molecule has 0 fully saturated rings. The molecule has 23 heavy (non-hydrogen) atoms. The summed E-state index contributed by atoms with van der Waals surface area (Å²) in [6, 6.07) is 3.87. The van der Waals surface area contributed by atoms with Gasteiger partial charge in [0.2, 0.25) is 5.91 Å². The number of thiophene rings is 1. The summed E-state index contributed by atoms with van der Waals surface area (Å²) in [5.74, 6) is 1.64. The van der Waals surface area contributed by atoms with Gasteiger partial charge in [-0.1, -0.05) is 26.3 Å². The van der Waals surface area contributed by atoms with Gasteiger partial charge in [-0.15, -0.1) is 11.3 Å². The van der Waals surface area contributed by atoms with Crippen LogP contribution in [0.15, 0.2) is 23.8 Å². The van der Waals surface area contributed by atoms with Crippen LogP contribution in [0.5, 0.6) is 0 Å². The van der Waals surface area contributed by atoms with Gasteiger partial charge in [0, 0.05) is 11.9 Å². The lowest BCUT2D eigenvalue weighted by atomic mass is 9.97. The second-order valence-corrected chi connectivity index (χ2v) is 6.89. The first-order chi connectivity index (χ1) is 11.1. The number of fused-ring (bicyclic) bond motifs is 1. The number of anilines is 3. The van der Waals surface area contributed by atoms with Gasteiger partial charge < -0.3 is 15.5 Å². The first kappa shape index (κ1) is 15.7. The molecule has 2 aromatic heterocycles. The lowest BCUT2D eigenvalue weighted by molar-refractivity contribution is -0.118. The average Bonchev–Trinajstić information content (AvgIpc) is 3.05. The minimum Gasteiger partial charge on any atom is -0.356 e. The molecule has 1 amide bonds. The Morgan fingerprint density at radius 3 is 2.96 bits per heavy atom. The fraction of sp³-hybridized carbons (Fsp3) is 0.438. The molecule has 0 aliphatic carbocycles. The Balaban J connectivity index is 1.86. The summed E-state index contributed by atoms with van der Waals surface area (Å²) < 4.78 is 0. The van der Waals surface area contributed by atoms with Crippen LogP contribution in [0.2, 0.25) is 0 Å². The lowest BCUT2D eigenvalue weighted by Crippen LogP contribution is -2.44. The van der Waals surface area contributed by atoms with Gasteiger partial charge >= 0.3 is 0 Å². The second kappa shape index (κ2) is 6.54. The number of rotatable bonds is 5. The van der Waals surface area contributed by atoms with Crippen LogP contribution in [0.1, 0.15) is 25.1 Å². The van der Waals surface area contributed by atoms with Crippen LogP contribution in [-0.4, -0.2) is 29.0 Å². The highest BCUT2D eigenvalue weighted by Crippen LogP contribution is 2.34. The summed E-state index contributed by atoms with van der Waals surface area (Å²) in [6.45, 7) is 4.88. The Morgan fingerprint density at radius 1 is 1.43 bits per heavy atom. The number of aromatic nitrogens is 2. The first-order valence-corrected chi connectivity index (χ1v) is 8.64. The van der Waals surface area contributed by atoms with Gasteiger partial charge in [-0.05, 0) is 17.4 Å². The molecule has 0 saturated heterocycles. The van der Waals surface area contributed by atoms with Crippen molar-refractivity contribution in [2.24, 2.45) is 5.92 Å². The van der Waals surface area contributed by atoms with Crippen molar-refractivity contribution < 1.29 is 4.79 Å². The zero-order chi connectivity index (χ0) is 16.4. The van der Waals surface area contributed by atoms with Crippen molar-refractivity contribution in [3.63, 3.8) is 0 Å². The zero-order valence-electron chi connectivity index (χ0n) is 13.5. The summed E-state index contributed by atoms with van der Waals surface area (Å²) in [7, 11) is 1.97. The Hall–Kier alpha value is -2.15. The predicted octanol–water partition coefficient (Wildman–Crippen LogP) is 2.95. The molecule has 3 heterocycles. The molecule has 122 valence electrons. The normalized spacial score (nSPS) is 17.9. The molecule has 0 bridgehead atoms. The van der Waals surface area contributed by atoms with E-state index in [-0.39, 0.29) is 17.9 Å². The Bertz CT molecular complexity index is 688. The van der Waals surface area contributed by atoms with Gasteiger partial charge in [0.1, 0.15) is 18.1 Å². The maximum absolute atomic E-state index is 12.4. The number of hydrogen-bond donors (Lipinski definition) is 2. The highest BCUT2D eigenvalue weighted by Gasteiger charge is 2.32. The molecular formula is C16H21N5OS. The molecule has 1 aliphatic rings. The maximum atomic E-state index is 12.4. The van der Waals surface area contributed by atoms with Gasteiger partial charge in [-0.2, -0.15) is 0 Å². The van der Waals surface area contributed by atoms with E-state index in [4.69, 9.17) is 0 Å². The van der Waals surface area contributed by atoms with E-state index in [9.17, 15) is 4.79 Å². The van der Waals surface area contributed by atoms with Gasteiger partial charge in [0.05, 0.1) is 6.54 Å². The fourth-order valence-electron chi connectivity index (χ4n) is 2.65. The first-order valence-electron chi connectivity index (χ1n) is 7.76. The SMILES string of the molecule is CCC(C)C1Nc2ncnc(N(C)Cc3cccs3)c2NC1=O. The van der Waals surface area contributed by atoms with E-state index in [1.54, 1.807) is 11.3 Å². The number of carbonyl (C=O) groups excluding carboxylic acids is 1. The van der Waals surface area contributed by atoms with E-state index in [0.29, 0.717) is 11.5 Å². The second-order valence-electron chi connectivity index (χ2n) is 5.85. The third-order valence-corrected chi connectivity index (χ3v) is 5.06. The third kappa shape index (κ3) is 3.14. The summed E-state index contributed by atoms with van der Waals surface area (Å²) in [4.78, 5) is 24.3. The minimum absolute atomic E-state index is 0.0209. The van der Waals surface area contributed by atoms with Crippen LogP contribution >= 0.6 is 11.3 Å². The molecule has 0 spiro atoms. The Morgan fingerprint density at radius 2 is 2.26 bits per heavy atom. The molecule has 7 heteroatoms. The number of carbonyl (C=O) groups is 1. The van der Waals surface area contributed by atoms with Crippen LogP contribution < -0.4 is 15.5 Å². The van der Waals surface area contributed by atoms with E-state index in [2.05, 4.69) is 45.9 Å². The summed E-state index contributed by atoms with van der Waals surface area (Å²) >= 11 is 1.70. The van der Waals surface area contributed by atoms with Crippen molar-refractivity contribution in [2.75, 3.05) is 22.6 Å². The van der Waals surface area contributed by atoms with Crippen LogP contribution in [0.3, 0.4) is 0 Å². The monoisotopic (exact) mass is 331 g/mol. The van der Waals surface area contributed by atoms with Crippen molar-refractivity contribution in [1.82, 2.24) is 9.97 Å². The van der Waals surface area contributed by atoms with Gasteiger partial charge in [0.15, 0.2) is 11.6 Å². The molecule has 6 nitrogen and oxygen atoms in total. The molecule has 0 radical (unpaired) electrons. The van der Waals surface area contributed by atoms with Crippen molar-refractivity contribution in [3.8, 4) is 0 Å². The van der Waals surface area contributed by atoms with Crippen LogP contribution in [-0.2, 0) is 11.3 Å². The molecule has 0 saturated carbocycles. The van der Waals surface area contributed by atoms with Gasteiger partial charge in [-0.3, -0.25) is 4.79 Å². The molecule has 2 unspecified atom stereocenters. The third-order valence-electron chi connectivity index (χ3n) is 4.20. The Kier molecular flexibility index (Phi) is 4.47. The van der Waals surface area contributed by atoms with Gasteiger partial charge in [0.25, 0.3) is 0 Å². The molecule has 0 aromatic carbocycles. The van der Waals surface area contributed by atoms with E-state index in [1.807, 2.05) is 18.0 Å². The van der Waals surface area contributed by atoms with Gasteiger partial charge in [-0.25, -0.2) is 9.97 Å². The van der Waals surface area contributed by atoms with E-state index in [0.717, 1.165) is 18.8 Å². The van der Waals surface area contributed by atoms with E-state index >= 15 is 0 Å². The van der Waals surface area contributed by atoms with E-state index in [1.165, 1.54) is 11.2 Å². The molecule has 1 aliphatic heterocycles. The number of hydrogen-bond acceptors (Lipinski definition) is 6. The van der Waals surface area contributed by atoms with E-state index < -0.39 is 0 Å². The highest BCUT2D eigenvalue weighted by molar-refractivity contribution is 7.09. The summed E-state index contributed by atoms with van der Waals surface area (Å²) in [6.07, 6.45) is 2.47. The highest BCUT2D eigenvalue weighted by atomic mass is 32.1.